The van der Waals surface area contributed by atoms with Crippen LogP contribution in [0.3, 0.4) is 0 Å². The van der Waals surface area contributed by atoms with E-state index >= 15 is 0 Å². The molecule has 0 saturated carbocycles. The van der Waals surface area contributed by atoms with Crippen LogP contribution >= 0.6 is 0 Å². The van der Waals surface area contributed by atoms with Crippen molar-refractivity contribution < 1.29 is 10.2 Å². The summed E-state index contributed by atoms with van der Waals surface area (Å²) in [5.74, 6) is 0. The highest BCUT2D eigenvalue weighted by Gasteiger charge is 2.27. The van der Waals surface area contributed by atoms with Crippen LogP contribution < -0.4 is 0 Å². The molecule has 0 aromatic heterocycles. The average Bonchev–Trinajstić information content (AvgIpc) is 2.50. The van der Waals surface area contributed by atoms with Crippen LogP contribution in [0, 0.1) is 0 Å². The van der Waals surface area contributed by atoms with Gasteiger partial charge >= 0.3 is 0 Å². The Bertz CT molecular complexity index is 390. The van der Waals surface area contributed by atoms with Gasteiger partial charge in [0, 0.05) is 13.0 Å². The Balaban J connectivity index is 2.77. The molecule has 0 saturated heterocycles. The lowest BCUT2D eigenvalue weighted by atomic mass is 9.83. The molecule has 0 aliphatic carbocycles. The van der Waals surface area contributed by atoms with Crippen LogP contribution in [-0.2, 0) is 12.8 Å². The van der Waals surface area contributed by atoms with Gasteiger partial charge in [0.25, 0.3) is 0 Å². The normalized spacial score (nSPS) is 11.8. The van der Waals surface area contributed by atoms with E-state index in [0.717, 1.165) is 32.1 Å². The number of benzene rings is 1. The fourth-order valence-corrected chi connectivity index (χ4v) is 3.16. The molecule has 0 atom stereocenters. The van der Waals surface area contributed by atoms with Gasteiger partial charge in [-0.05, 0) is 30.4 Å². The van der Waals surface area contributed by atoms with Gasteiger partial charge in [-0.2, -0.15) is 0 Å². The van der Waals surface area contributed by atoms with Crippen LogP contribution in [-0.4, -0.2) is 22.4 Å². The van der Waals surface area contributed by atoms with Crippen molar-refractivity contribution in [2.75, 3.05) is 6.61 Å². The molecule has 2 heteroatoms. The molecule has 1 aromatic rings. The van der Waals surface area contributed by atoms with Gasteiger partial charge in [0.15, 0.2) is 0 Å². The fraction of sp³-hybridized carbons (Fsp3) is 0.700. The first-order valence-electron chi connectivity index (χ1n) is 9.05. The summed E-state index contributed by atoms with van der Waals surface area (Å²) in [6.45, 7) is 4.57. The van der Waals surface area contributed by atoms with Crippen molar-refractivity contribution in [3.05, 3.63) is 35.4 Å². The van der Waals surface area contributed by atoms with E-state index < -0.39 is 5.60 Å². The summed E-state index contributed by atoms with van der Waals surface area (Å²) in [5.41, 5.74) is 1.79. The van der Waals surface area contributed by atoms with Crippen LogP contribution in [0.4, 0.5) is 0 Å². The van der Waals surface area contributed by atoms with Crippen molar-refractivity contribution in [1.29, 1.82) is 0 Å². The summed E-state index contributed by atoms with van der Waals surface area (Å²) in [4.78, 5) is 0. The third-order valence-corrected chi connectivity index (χ3v) is 4.51. The summed E-state index contributed by atoms with van der Waals surface area (Å²) >= 11 is 0. The minimum Gasteiger partial charge on any atom is -0.396 e. The molecule has 22 heavy (non-hydrogen) atoms. The van der Waals surface area contributed by atoms with Crippen LogP contribution in [0.1, 0.15) is 76.3 Å². The Kier molecular flexibility index (Phi) is 9.42. The first-order chi connectivity index (χ1) is 10.6. The predicted molar refractivity (Wildman–Crippen MR) is 94.2 cm³/mol. The quantitative estimate of drug-likeness (QED) is 0.552. The van der Waals surface area contributed by atoms with E-state index in [1.54, 1.807) is 0 Å². The minimum atomic E-state index is -0.587. The lowest BCUT2D eigenvalue weighted by Gasteiger charge is -2.29. The van der Waals surface area contributed by atoms with Crippen LogP contribution in [0.15, 0.2) is 24.3 Å². The topological polar surface area (TPSA) is 40.5 Å². The zero-order valence-electron chi connectivity index (χ0n) is 14.5. The molecular formula is C20H34O2. The van der Waals surface area contributed by atoms with Gasteiger partial charge in [-0.25, -0.2) is 0 Å². The smallest absolute Gasteiger partial charge is 0.0688 e. The van der Waals surface area contributed by atoms with Gasteiger partial charge in [-0.15, -0.1) is 0 Å². The van der Waals surface area contributed by atoms with E-state index in [2.05, 4.69) is 26.0 Å². The molecule has 0 aliphatic rings. The monoisotopic (exact) mass is 306 g/mol. The van der Waals surface area contributed by atoms with E-state index in [1.165, 1.54) is 36.8 Å². The van der Waals surface area contributed by atoms with Crippen molar-refractivity contribution in [1.82, 2.24) is 0 Å². The van der Waals surface area contributed by atoms with Gasteiger partial charge < -0.3 is 10.2 Å². The van der Waals surface area contributed by atoms with Crippen molar-refractivity contribution in [3.63, 3.8) is 0 Å². The van der Waals surface area contributed by atoms with Gasteiger partial charge in [-0.3, -0.25) is 0 Å². The molecule has 0 heterocycles. The SMILES string of the molecule is CCCCCC(O)(CCCCC)Cc1ccccc1CCO. The van der Waals surface area contributed by atoms with Gasteiger partial charge in [-0.1, -0.05) is 76.6 Å². The maximum absolute atomic E-state index is 11.1. The largest absolute Gasteiger partial charge is 0.396 e. The van der Waals surface area contributed by atoms with E-state index in [4.69, 9.17) is 0 Å². The fourth-order valence-electron chi connectivity index (χ4n) is 3.16. The maximum atomic E-state index is 11.1. The molecule has 0 radical (unpaired) electrons. The summed E-state index contributed by atoms with van der Waals surface area (Å²) in [6.07, 6.45) is 10.1. The molecular weight excluding hydrogens is 272 g/mol. The second kappa shape index (κ2) is 10.8. The third kappa shape index (κ3) is 6.93. The number of hydrogen-bond acceptors (Lipinski definition) is 2. The molecule has 0 aliphatic heterocycles. The Morgan fingerprint density at radius 2 is 1.41 bits per heavy atom. The van der Waals surface area contributed by atoms with Crippen LogP contribution in [0.5, 0.6) is 0 Å². The molecule has 126 valence electrons. The summed E-state index contributed by atoms with van der Waals surface area (Å²) < 4.78 is 0. The zero-order chi connectivity index (χ0) is 16.3. The predicted octanol–water partition coefficient (Wildman–Crippen LogP) is 4.66. The molecule has 0 fully saturated rings. The molecule has 1 aromatic carbocycles. The lowest BCUT2D eigenvalue weighted by Crippen LogP contribution is -2.32. The highest BCUT2D eigenvalue weighted by atomic mass is 16.3. The lowest BCUT2D eigenvalue weighted by molar-refractivity contribution is 0.0179. The molecule has 0 spiro atoms. The summed E-state index contributed by atoms with van der Waals surface area (Å²) in [7, 11) is 0. The van der Waals surface area contributed by atoms with Crippen LogP contribution in [0.25, 0.3) is 0 Å². The third-order valence-electron chi connectivity index (χ3n) is 4.51. The number of aliphatic hydroxyl groups excluding tert-OH is 1. The molecule has 0 bridgehead atoms. The zero-order valence-corrected chi connectivity index (χ0v) is 14.5. The number of hydrogen-bond donors (Lipinski definition) is 2. The van der Waals surface area contributed by atoms with Gasteiger partial charge in [0.05, 0.1) is 5.60 Å². The highest BCUT2D eigenvalue weighted by molar-refractivity contribution is 5.28. The van der Waals surface area contributed by atoms with Gasteiger partial charge in [0.1, 0.15) is 0 Å². The van der Waals surface area contributed by atoms with Crippen LogP contribution in [0.2, 0.25) is 0 Å². The maximum Gasteiger partial charge on any atom is 0.0688 e. The summed E-state index contributed by atoms with van der Waals surface area (Å²) in [5, 5.41) is 20.4. The number of unbranched alkanes of at least 4 members (excludes halogenated alkanes) is 4. The second-order valence-electron chi connectivity index (χ2n) is 6.56. The number of aliphatic hydroxyl groups is 2. The second-order valence-corrected chi connectivity index (χ2v) is 6.56. The molecule has 2 nitrogen and oxygen atoms in total. The van der Waals surface area contributed by atoms with E-state index in [0.29, 0.717) is 6.42 Å². The molecule has 0 unspecified atom stereocenters. The standard InChI is InChI=1S/C20H34O2/c1-3-5-9-14-20(22,15-10-6-4-2)17-19-12-8-7-11-18(19)13-16-21/h7-8,11-12,21-22H,3-6,9-10,13-17H2,1-2H3. The van der Waals surface area contributed by atoms with Crippen molar-refractivity contribution >= 4 is 0 Å². The van der Waals surface area contributed by atoms with E-state index in [-0.39, 0.29) is 6.61 Å². The number of rotatable bonds is 12. The Morgan fingerprint density at radius 3 is 1.91 bits per heavy atom. The minimum absolute atomic E-state index is 0.168. The molecule has 0 amide bonds. The molecule has 2 N–H and O–H groups in total. The Hall–Kier alpha value is -0.860. The average molecular weight is 306 g/mol. The van der Waals surface area contributed by atoms with Crippen molar-refractivity contribution in [3.8, 4) is 0 Å². The Labute approximate surface area is 136 Å². The molecule has 1 rings (SSSR count). The Morgan fingerprint density at radius 1 is 0.864 bits per heavy atom. The van der Waals surface area contributed by atoms with E-state index in [1.807, 2.05) is 12.1 Å². The first kappa shape index (κ1) is 19.2. The van der Waals surface area contributed by atoms with Crippen molar-refractivity contribution in [2.45, 2.75) is 83.7 Å². The van der Waals surface area contributed by atoms with E-state index in [9.17, 15) is 10.2 Å². The van der Waals surface area contributed by atoms with Crippen molar-refractivity contribution in [2.24, 2.45) is 0 Å². The highest BCUT2D eigenvalue weighted by Crippen LogP contribution is 2.28. The van der Waals surface area contributed by atoms with Gasteiger partial charge in [0.2, 0.25) is 0 Å². The first-order valence-corrected chi connectivity index (χ1v) is 9.05. The summed E-state index contributed by atoms with van der Waals surface area (Å²) in [6, 6.07) is 8.23.